The van der Waals surface area contributed by atoms with Crippen molar-refractivity contribution in [3.8, 4) is 11.5 Å². The van der Waals surface area contributed by atoms with Gasteiger partial charge in [-0.25, -0.2) is 8.42 Å². The van der Waals surface area contributed by atoms with Crippen LogP contribution in [0.2, 0.25) is 0 Å². The first-order chi connectivity index (χ1) is 11.9. The van der Waals surface area contributed by atoms with E-state index in [1.165, 1.54) is 18.9 Å². The molecule has 2 saturated heterocycles. The highest BCUT2D eigenvalue weighted by molar-refractivity contribution is 8.16. The molecule has 2 heterocycles. The summed E-state index contributed by atoms with van der Waals surface area (Å²) in [7, 11) is -0.0729. The number of carbonyl (C=O) groups excluding carboxylic acids is 1. The molecule has 3 rings (SSSR count). The summed E-state index contributed by atoms with van der Waals surface area (Å²) in [4.78, 5) is 17.5. The number of carbonyl (C=O) groups is 1. The van der Waals surface area contributed by atoms with Crippen LogP contribution >= 0.6 is 23.4 Å². The number of rotatable bonds is 4. The highest BCUT2D eigenvalue weighted by Gasteiger charge is 2.50. The molecule has 25 heavy (non-hydrogen) atoms. The zero-order valence-electron chi connectivity index (χ0n) is 13.6. The predicted molar refractivity (Wildman–Crippen MR) is 99.0 cm³/mol. The lowest BCUT2D eigenvalue weighted by Crippen LogP contribution is -2.38. The highest BCUT2D eigenvalue weighted by atomic mass is 35.5. The first-order valence-electron chi connectivity index (χ1n) is 7.44. The fourth-order valence-electron chi connectivity index (χ4n) is 2.97. The molecular weight excluding hydrogens is 388 g/mol. The topological polar surface area (TPSA) is 85.3 Å². The number of amides is 1. The summed E-state index contributed by atoms with van der Waals surface area (Å²) in [5, 5.41) is 0.241. The van der Waals surface area contributed by atoms with E-state index in [4.69, 9.17) is 21.1 Å². The van der Waals surface area contributed by atoms with Crippen LogP contribution in [-0.2, 0) is 14.6 Å². The second-order valence-corrected chi connectivity index (χ2v) is 9.26. The van der Waals surface area contributed by atoms with Gasteiger partial charge >= 0.3 is 0 Å². The average Bonchev–Trinajstić information content (AvgIpc) is 3.04. The number of thioether (sulfide) groups is 1. The van der Waals surface area contributed by atoms with Gasteiger partial charge in [0.2, 0.25) is 0 Å². The van der Waals surface area contributed by atoms with E-state index in [1.807, 2.05) is 0 Å². The van der Waals surface area contributed by atoms with Crippen LogP contribution in [0, 0.1) is 0 Å². The van der Waals surface area contributed by atoms with Crippen LogP contribution in [0.25, 0.3) is 0 Å². The van der Waals surface area contributed by atoms with Gasteiger partial charge in [0.05, 0.1) is 37.5 Å². The minimum Gasteiger partial charge on any atom is -0.497 e. The number of methoxy groups -OCH3 is 2. The second-order valence-electron chi connectivity index (χ2n) is 5.63. The van der Waals surface area contributed by atoms with E-state index >= 15 is 0 Å². The van der Waals surface area contributed by atoms with Gasteiger partial charge < -0.3 is 14.4 Å². The Morgan fingerprint density at radius 3 is 2.76 bits per heavy atom. The molecule has 0 saturated carbocycles. The predicted octanol–water partition coefficient (Wildman–Crippen LogP) is 1.54. The molecule has 136 valence electrons. The van der Waals surface area contributed by atoms with Gasteiger partial charge in [-0.2, -0.15) is 4.99 Å². The lowest BCUT2D eigenvalue weighted by Gasteiger charge is -2.26. The van der Waals surface area contributed by atoms with E-state index in [1.54, 1.807) is 30.2 Å². The van der Waals surface area contributed by atoms with E-state index in [0.29, 0.717) is 22.4 Å². The van der Waals surface area contributed by atoms with E-state index < -0.39 is 15.7 Å². The van der Waals surface area contributed by atoms with Gasteiger partial charge in [-0.05, 0) is 12.1 Å². The van der Waals surface area contributed by atoms with Gasteiger partial charge in [-0.1, -0.05) is 11.8 Å². The third-order valence-electron chi connectivity index (χ3n) is 4.05. The Balaban J connectivity index is 2.11. The number of benzene rings is 1. The van der Waals surface area contributed by atoms with Crippen molar-refractivity contribution in [2.24, 2.45) is 4.99 Å². The molecule has 2 fully saturated rings. The lowest BCUT2D eigenvalue weighted by molar-refractivity contribution is -0.115. The van der Waals surface area contributed by atoms with Crippen molar-refractivity contribution in [2.45, 2.75) is 11.3 Å². The lowest BCUT2D eigenvalue weighted by atomic mass is 10.2. The SMILES string of the molecule is COc1ccc(OC)c(N2C(=NC(=O)CCl)SC3CS(=O)(=O)CC32)c1. The number of hydrogen-bond donors (Lipinski definition) is 0. The Morgan fingerprint density at radius 2 is 2.12 bits per heavy atom. The fourth-order valence-corrected chi connectivity index (χ4v) is 6.95. The van der Waals surface area contributed by atoms with Crippen molar-refractivity contribution in [1.29, 1.82) is 0 Å². The molecule has 10 heteroatoms. The van der Waals surface area contributed by atoms with Crippen molar-refractivity contribution in [3.05, 3.63) is 18.2 Å². The maximum absolute atomic E-state index is 12.1. The first-order valence-corrected chi connectivity index (χ1v) is 10.7. The summed E-state index contributed by atoms with van der Waals surface area (Å²) in [6.45, 7) is 0. The molecule has 0 N–H and O–H groups in total. The summed E-state index contributed by atoms with van der Waals surface area (Å²) in [6, 6.07) is 4.90. The van der Waals surface area contributed by atoms with Gasteiger partial charge in [0.15, 0.2) is 15.0 Å². The number of halogens is 1. The molecule has 0 spiro atoms. The van der Waals surface area contributed by atoms with E-state index in [0.717, 1.165) is 0 Å². The largest absolute Gasteiger partial charge is 0.497 e. The van der Waals surface area contributed by atoms with Crippen molar-refractivity contribution >= 4 is 50.0 Å². The summed E-state index contributed by atoms with van der Waals surface area (Å²) in [6.07, 6.45) is 0. The summed E-state index contributed by atoms with van der Waals surface area (Å²) in [5.74, 6) is 0.475. The number of nitrogens with zero attached hydrogens (tertiary/aromatic N) is 2. The molecule has 0 aliphatic carbocycles. The molecule has 2 atom stereocenters. The number of sulfone groups is 1. The second kappa shape index (κ2) is 7.05. The van der Waals surface area contributed by atoms with E-state index in [9.17, 15) is 13.2 Å². The Kier molecular flexibility index (Phi) is 5.17. The monoisotopic (exact) mass is 404 g/mol. The molecule has 1 amide bonds. The molecule has 0 aromatic heterocycles. The molecule has 0 bridgehead atoms. The summed E-state index contributed by atoms with van der Waals surface area (Å²) < 4.78 is 34.8. The van der Waals surface area contributed by atoms with Crippen molar-refractivity contribution in [1.82, 2.24) is 0 Å². The Bertz CT molecular complexity index is 827. The maximum atomic E-state index is 12.1. The van der Waals surface area contributed by atoms with Gasteiger partial charge in [0, 0.05) is 11.3 Å². The Morgan fingerprint density at radius 1 is 1.36 bits per heavy atom. The van der Waals surface area contributed by atoms with Crippen LogP contribution in [-0.4, -0.2) is 62.4 Å². The zero-order chi connectivity index (χ0) is 18.2. The number of alkyl halides is 1. The third-order valence-corrected chi connectivity index (χ3v) is 7.49. The number of fused-ring (bicyclic) bond motifs is 1. The standard InChI is InChI=1S/C15H17ClN2O5S2/c1-22-9-3-4-12(23-2)10(5-9)18-11-7-25(20,21)8-13(11)24-15(18)17-14(19)6-16/h3-5,11,13H,6-8H2,1-2H3. The van der Waals surface area contributed by atoms with Crippen LogP contribution in [0.4, 0.5) is 5.69 Å². The molecule has 2 unspecified atom stereocenters. The number of hydrogen-bond acceptors (Lipinski definition) is 6. The van der Waals surface area contributed by atoms with Crippen LogP contribution in [0.5, 0.6) is 11.5 Å². The summed E-state index contributed by atoms with van der Waals surface area (Å²) in [5.41, 5.74) is 0.611. The number of anilines is 1. The van der Waals surface area contributed by atoms with Crippen LogP contribution in [0.1, 0.15) is 0 Å². The molecule has 0 radical (unpaired) electrons. The molecule has 1 aromatic carbocycles. The number of aliphatic imine (C=N–C) groups is 1. The summed E-state index contributed by atoms with van der Waals surface area (Å²) >= 11 is 6.86. The van der Waals surface area contributed by atoms with Crippen LogP contribution < -0.4 is 14.4 Å². The maximum Gasteiger partial charge on any atom is 0.262 e. The smallest absolute Gasteiger partial charge is 0.262 e. The molecule has 2 aliphatic heterocycles. The van der Waals surface area contributed by atoms with Gasteiger partial charge in [0.25, 0.3) is 5.91 Å². The van der Waals surface area contributed by atoms with Crippen molar-refractivity contribution < 1.29 is 22.7 Å². The first kappa shape index (κ1) is 18.3. The highest BCUT2D eigenvalue weighted by Crippen LogP contribution is 2.44. The van der Waals surface area contributed by atoms with E-state index in [2.05, 4.69) is 4.99 Å². The van der Waals surface area contributed by atoms with Crippen molar-refractivity contribution in [3.63, 3.8) is 0 Å². The minimum atomic E-state index is -3.14. The van der Waals surface area contributed by atoms with Crippen LogP contribution in [0.15, 0.2) is 23.2 Å². The van der Waals surface area contributed by atoms with Gasteiger partial charge in [0.1, 0.15) is 17.4 Å². The normalized spacial score (nSPS) is 25.9. The average molecular weight is 405 g/mol. The fraction of sp³-hybridized carbons (Fsp3) is 0.467. The molecule has 2 aliphatic rings. The number of amidine groups is 1. The third kappa shape index (κ3) is 3.58. The molecule has 1 aromatic rings. The number of ether oxygens (including phenoxy) is 2. The van der Waals surface area contributed by atoms with E-state index in [-0.39, 0.29) is 28.7 Å². The molecule has 7 nitrogen and oxygen atoms in total. The minimum absolute atomic E-state index is 0.000877. The zero-order valence-corrected chi connectivity index (χ0v) is 16.0. The van der Waals surface area contributed by atoms with Crippen LogP contribution in [0.3, 0.4) is 0 Å². The van der Waals surface area contributed by atoms with Gasteiger partial charge in [-0.15, -0.1) is 11.6 Å². The quantitative estimate of drug-likeness (QED) is 0.703. The molecular formula is C15H17ClN2O5S2. The van der Waals surface area contributed by atoms with Crippen molar-refractivity contribution in [2.75, 3.05) is 36.5 Å². The Hall–Kier alpha value is -1.45. The van der Waals surface area contributed by atoms with Gasteiger partial charge in [-0.3, -0.25) is 4.79 Å². The Labute approximate surface area is 155 Å².